The molecule has 1 aliphatic heterocycles. The molecule has 1 heterocycles. The first-order valence-electron chi connectivity index (χ1n) is 4.66. The molecule has 0 radical (unpaired) electrons. The summed E-state index contributed by atoms with van der Waals surface area (Å²) < 4.78 is 0.849. The summed E-state index contributed by atoms with van der Waals surface area (Å²) in [7, 11) is 0. The molecule has 0 spiro atoms. The molecule has 5 heteroatoms. The van der Waals surface area contributed by atoms with Gasteiger partial charge in [0.1, 0.15) is 0 Å². The zero-order chi connectivity index (χ0) is 11.4. The Kier molecular flexibility index (Phi) is 3.69. The van der Waals surface area contributed by atoms with E-state index in [0.717, 1.165) is 9.94 Å². The van der Waals surface area contributed by atoms with Crippen LogP contribution < -0.4 is 5.43 Å². The molecule has 0 saturated carbocycles. The minimum atomic E-state index is -0.147. The zero-order valence-corrected chi connectivity index (χ0v) is 10.3. The first-order chi connectivity index (χ1) is 7.79. The third kappa shape index (κ3) is 2.68. The van der Waals surface area contributed by atoms with Crippen LogP contribution in [0.1, 0.15) is 5.56 Å². The van der Waals surface area contributed by atoms with Gasteiger partial charge in [-0.2, -0.15) is 5.10 Å². The zero-order valence-electron chi connectivity index (χ0n) is 8.64. The van der Waals surface area contributed by atoms with Crippen LogP contribution in [0.25, 0.3) is 6.08 Å². The van der Waals surface area contributed by atoms with Gasteiger partial charge < -0.3 is 0 Å². The number of thioether (sulfide) groups is 2. The predicted octanol–water partition coefficient (Wildman–Crippen LogP) is 2.52. The lowest BCUT2D eigenvalue weighted by Crippen LogP contribution is -2.23. The van der Waals surface area contributed by atoms with E-state index in [-0.39, 0.29) is 5.91 Å². The lowest BCUT2D eigenvalue weighted by molar-refractivity contribution is -0.116. The fraction of sp³-hybridized carbons (Fsp3) is 0.0909. The molecule has 1 aliphatic rings. The number of nitrogens with zero attached hydrogens (tertiary/aromatic N) is 1. The lowest BCUT2D eigenvalue weighted by atomic mass is 10.2. The van der Waals surface area contributed by atoms with Gasteiger partial charge in [0.15, 0.2) is 4.38 Å². The Morgan fingerprint density at radius 2 is 2.12 bits per heavy atom. The molecule has 1 aromatic carbocycles. The molecule has 3 nitrogen and oxygen atoms in total. The third-order valence-electron chi connectivity index (χ3n) is 1.94. The van der Waals surface area contributed by atoms with E-state index in [2.05, 4.69) is 10.5 Å². The van der Waals surface area contributed by atoms with Crippen molar-refractivity contribution in [3.05, 3.63) is 40.8 Å². The maximum atomic E-state index is 11.5. The van der Waals surface area contributed by atoms with E-state index < -0.39 is 0 Å². The molecule has 82 valence electrons. The summed E-state index contributed by atoms with van der Waals surface area (Å²) >= 11 is 2.92. The van der Waals surface area contributed by atoms with Gasteiger partial charge in [0.05, 0.1) is 4.91 Å². The minimum absolute atomic E-state index is 0.147. The van der Waals surface area contributed by atoms with Crippen LogP contribution in [0, 0.1) is 0 Å². The fourth-order valence-electron chi connectivity index (χ4n) is 1.20. The van der Waals surface area contributed by atoms with E-state index in [1.165, 1.54) is 23.5 Å². The molecule has 0 atom stereocenters. The molecular formula is C11H10N2OS2. The summed E-state index contributed by atoms with van der Waals surface area (Å²) in [4.78, 5) is 12.2. The number of nitrogens with one attached hydrogen (secondary N) is 1. The molecule has 1 amide bonds. The van der Waals surface area contributed by atoms with Gasteiger partial charge in [0.2, 0.25) is 0 Å². The number of hydrogen-bond acceptors (Lipinski definition) is 4. The summed E-state index contributed by atoms with van der Waals surface area (Å²) in [5.74, 6) is -0.147. The van der Waals surface area contributed by atoms with Crippen molar-refractivity contribution in [2.75, 3.05) is 6.26 Å². The Hall–Kier alpha value is -1.20. The van der Waals surface area contributed by atoms with E-state index in [4.69, 9.17) is 0 Å². The standard InChI is InChI=1S/C11H10N2OS2/c1-15-11-13-12-10(14)9(16-11)7-8-5-3-2-4-6-8/h2-7H,1H3,(H,12,14)/b9-7+. The van der Waals surface area contributed by atoms with Gasteiger partial charge in [-0.05, 0) is 17.9 Å². The summed E-state index contributed by atoms with van der Waals surface area (Å²) in [6.07, 6.45) is 3.80. The Labute approximate surface area is 102 Å². The Morgan fingerprint density at radius 3 is 2.81 bits per heavy atom. The minimum Gasteiger partial charge on any atom is -0.267 e. The van der Waals surface area contributed by atoms with Crippen LogP contribution in [-0.2, 0) is 4.79 Å². The van der Waals surface area contributed by atoms with Crippen molar-refractivity contribution >= 4 is 39.9 Å². The van der Waals surface area contributed by atoms with E-state index in [0.29, 0.717) is 4.91 Å². The third-order valence-corrected chi connectivity index (χ3v) is 3.92. The van der Waals surface area contributed by atoms with Crippen LogP contribution in [0.15, 0.2) is 40.3 Å². The molecular weight excluding hydrogens is 240 g/mol. The summed E-state index contributed by atoms with van der Waals surface area (Å²) in [5, 5.41) is 3.92. The van der Waals surface area contributed by atoms with Gasteiger partial charge in [-0.3, -0.25) is 4.79 Å². The average Bonchev–Trinajstić information content (AvgIpc) is 2.33. The second kappa shape index (κ2) is 5.23. The van der Waals surface area contributed by atoms with Crippen molar-refractivity contribution in [2.24, 2.45) is 5.10 Å². The van der Waals surface area contributed by atoms with Crippen molar-refractivity contribution in [1.29, 1.82) is 0 Å². The molecule has 16 heavy (non-hydrogen) atoms. The van der Waals surface area contributed by atoms with Crippen LogP contribution >= 0.6 is 23.5 Å². The second-order valence-corrected chi connectivity index (χ2v) is 5.13. The maximum Gasteiger partial charge on any atom is 0.278 e. The number of carbonyl (C=O) groups excluding carboxylic acids is 1. The van der Waals surface area contributed by atoms with Crippen molar-refractivity contribution in [2.45, 2.75) is 0 Å². The van der Waals surface area contributed by atoms with Gasteiger partial charge in [0.25, 0.3) is 5.91 Å². The molecule has 0 fully saturated rings. The molecule has 0 bridgehead atoms. The first-order valence-corrected chi connectivity index (χ1v) is 6.70. The highest BCUT2D eigenvalue weighted by atomic mass is 32.2. The second-order valence-electron chi connectivity index (χ2n) is 3.04. The number of carbonyl (C=O) groups is 1. The molecule has 0 unspecified atom stereocenters. The summed E-state index contributed by atoms with van der Waals surface area (Å²) in [5.41, 5.74) is 3.51. The van der Waals surface area contributed by atoms with Crippen LogP contribution in [0.4, 0.5) is 0 Å². The average molecular weight is 250 g/mol. The van der Waals surface area contributed by atoms with Crippen molar-refractivity contribution < 1.29 is 4.79 Å². The monoisotopic (exact) mass is 250 g/mol. The maximum absolute atomic E-state index is 11.5. The molecule has 2 rings (SSSR count). The van der Waals surface area contributed by atoms with Gasteiger partial charge >= 0.3 is 0 Å². The van der Waals surface area contributed by atoms with Gasteiger partial charge in [-0.1, -0.05) is 42.1 Å². The summed E-state index contributed by atoms with van der Waals surface area (Å²) in [6, 6.07) is 9.77. The highest BCUT2D eigenvalue weighted by Gasteiger charge is 2.18. The van der Waals surface area contributed by atoms with Gasteiger partial charge in [-0.25, -0.2) is 5.43 Å². The van der Waals surface area contributed by atoms with Crippen molar-refractivity contribution in [1.82, 2.24) is 5.43 Å². The van der Waals surface area contributed by atoms with Crippen molar-refractivity contribution in [3.8, 4) is 0 Å². The number of amides is 1. The fourth-order valence-corrected chi connectivity index (χ4v) is 2.55. The number of hydrazone groups is 1. The largest absolute Gasteiger partial charge is 0.278 e. The van der Waals surface area contributed by atoms with Crippen molar-refractivity contribution in [3.63, 3.8) is 0 Å². The molecule has 1 N–H and O–H groups in total. The smallest absolute Gasteiger partial charge is 0.267 e. The van der Waals surface area contributed by atoms with E-state index in [1.54, 1.807) is 0 Å². The van der Waals surface area contributed by atoms with Crippen LogP contribution in [0.2, 0.25) is 0 Å². The summed E-state index contributed by atoms with van der Waals surface area (Å²) in [6.45, 7) is 0. The normalized spacial score (nSPS) is 18.2. The number of rotatable bonds is 1. The highest BCUT2D eigenvalue weighted by Crippen LogP contribution is 2.28. The van der Waals surface area contributed by atoms with E-state index in [9.17, 15) is 4.79 Å². The molecule has 1 aromatic rings. The first kappa shape index (κ1) is 11.3. The van der Waals surface area contributed by atoms with Gasteiger partial charge in [-0.15, -0.1) is 11.8 Å². The molecule has 0 aromatic heterocycles. The Morgan fingerprint density at radius 1 is 1.38 bits per heavy atom. The quantitative estimate of drug-likeness (QED) is 0.779. The Bertz CT molecular complexity index is 454. The topological polar surface area (TPSA) is 41.5 Å². The Balaban J connectivity index is 2.24. The molecule has 0 saturated heterocycles. The van der Waals surface area contributed by atoms with E-state index in [1.807, 2.05) is 42.7 Å². The number of benzene rings is 1. The van der Waals surface area contributed by atoms with Crippen LogP contribution in [0.5, 0.6) is 0 Å². The van der Waals surface area contributed by atoms with Gasteiger partial charge in [0, 0.05) is 0 Å². The lowest BCUT2D eigenvalue weighted by Gasteiger charge is -2.12. The predicted molar refractivity (Wildman–Crippen MR) is 71.1 cm³/mol. The van der Waals surface area contributed by atoms with Crippen LogP contribution in [0.3, 0.4) is 0 Å². The van der Waals surface area contributed by atoms with E-state index >= 15 is 0 Å². The molecule has 0 aliphatic carbocycles. The highest BCUT2D eigenvalue weighted by molar-refractivity contribution is 8.40. The SMILES string of the molecule is CSC1=NNC(=O)/C(=C\c2ccccc2)S1. The number of hydrogen-bond donors (Lipinski definition) is 1. The van der Waals surface area contributed by atoms with Crippen LogP contribution in [-0.4, -0.2) is 16.5 Å².